The Morgan fingerprint density at radius 2 is 2.24 bits per heavy atom. The summed E-state index contributed by atoms with van der Waals surface area (Å²) in [6, 6.07) is 6.17. The first-order chi connectivity index (χ1) is 8.17. The molecule has 4 heteroatoms. The molecule has 0 aliphatic carbocycles. The van der Waals surface area contributed by atoms with Gasteiger partial charge in [0, 0.05) is 36.2 Å². The van der Waals surface area contributed by atoms with Crippen LogP contribution in [-0.2, 0) is 4.74 Å². The number of methoxy groups -OCH3 is 1. The van der Waals surface area contributed by atoms with Crippen LogP contribution in [-0.4, -0.2) is 25.9 Å². The predicted molar refractivity (Wildman–Crippen MR) is 69.5 cm³/mol. The molecule has 0 aromatic heterocycles. The van der Waals surface area contributed by atoms with Crippen molar-refractivity contribution < 1.29 is 9.47 Å². The van der Waals surface area contributed by atoms with Gasteiger partial charge in [0.2, 0.25) is 0 Å². The third-order valence-corrected chi connectivity index (χ3v) is 3.02. The van der Waals surface area contributed by atoms with Crippen molar-refractivity contribution in [2.24, 2.45) is 0 Å². The van der Waals surface area contributed by atoms with E-state index in [1.54, 1.807) is 7.11 Å². The first kappa shape index (κ1) is 12.0. The van der Waals surface area contributed by atoms with Gasteiger partial charge in [-0.2, -0.15) is 0 Å². The molecule has 1 aliphatic heterocycles. The molecule has 1 fully saturated rings. The summed E-state index contributed by atoms with van der Waals surface area (Å²) in [5.41, 5.74) is 7.55. The summed E-state index contributed by atoms with van der Waals surface area (Å²) in [4.78, 5) is 0. The van der Waals surface area contributed by atoms with Crippen LogP contribution in [0.2, 0.25) is 0 Å². The van der Waals surface area contributed by atoms with Gasteiger partial charge in [-0.1, -0.05) is 0 Å². The molecule has 1 aliphatic rings. The molecule has 17 heavy (non-hydrogen) atoms. The highest BCUT2D eigenvalue weighted by Gasteiger charge is 2.19. The lowest BCUT2D eigenvalue weighted by Crippen LogP contribution is -2.32. The van der Waals surface area contributed by atoms with Gasteiger partial charge in [-0.3, -0.25) is 0 Å². The lowest BCUT2D eigenvalue weighted by Gasteiger charge is -2.28. The molecule has 1 aromatic carbocycles. The zero-order valence-electron chi connectivity index (χ0n) is 10.4. The Morgan fingerprint density at radius 1 is 1.41 bits per heavy atom. The molecule has 0 radical (unpaired) electrons. The van der Waals surface area contributed by atoms with Crippen LogP contribution in [0, 0.1) is 0 Å². The van der Waals surface area contributed by atoms with Crippen LogP contribution in [0.1, 0.15) is 19.8 Å². The predicted octanol–water partition coefficient (Wildman–Crippen LogP) is 2.26. The summed E-state index contributed by atoms with van der Waals surface area (Å²) in [5, 5.41) is 3.49. The fourth-order valence-electron chi connectivity index (χ4n) is 2.19. The highest BCUT2D eigenvalue weighted by molar-refractivity contribution is 5.59. The van der Waals surface area contributed by atoms with Crippen molar-refractivity contribution in [3.8, 4) is 5.75 Å². The van der Waals surface area contributed by atoms with Crippen molar-refractivity contribution in [1.82, 2.24) is 0 Å². The fourth-order valence-corrected chi connectivity index (χ4v) is 2.19. The molecule has 0 saturated carbocycles. The first-order valence-corrected chi connectivity index (χ1v) is 6.00. The number of hydrogen-bond acceptors (Lipinski definition) is 4. The number of hydrogen-bond donors (Lipinski definition) is 2. The number of nitrogen functional groups attached to an aromatic ring is 1. The van der Waals surface area contributed by atoms with E-state index >= 15 is 0 Å². The van der Waals surface area contributed by atoms with Crippen LogP contribution in [0.3, 0.4) is 0 Å². The van der Waals surface area contributed by atoms with Gasteiger partial charge in [-0.05, 0) is 25.8 Å². The van der Waals surface area contributed by atoms with Gasteiger partial charge in [0.15, 0.2) is 0 Å². The average Bonchev–Trinajstić information content (AvgIpc) is 2.28. The van der Waals surface area contributed by atoms with Crippen molar-refractivity contribution in [3.05, 3.63) is 18.2 Å². The quantitative estimate of drug-likeness (QED) is 0.790. The Hall–Kier alpha value is -1.42. The zero-order chi connectivity index (χ0) is 12.3. The van der Waals surface area contributed by atoms with E-state index in [1.165, 1.54) is 0 Å². The number of anilines is 2. The molecule has 94 valence electrons. The molecule has 2 rings (SSSR count). The molecule has 2 unspecified atom stereocenters. The van der Waals surface area contributed by atoms with E-state index < -0.39 is 0 Å². The van der Waals surface area contributed by atoms with Gasteiger partial charge in [-0.25, -0.2) is 0 Å². The first-order valence-electron chi connectivity index (χ1n) is 6.00. The molecule has 0 spiro atoms. The minimum atomic E-state index is 0.323. The van der Waals surface area contributed by atoms with Crippen LogP contribution in [0.15, 0.2) is 18.2 Å². The topological polar surface area (TPSA) is 56.5 Å². The third kappa shape index (κ3) is 3.27. The second kappa shape index (κ2) is 5.27. The Kier molecular flexibility index (Phi) is 3.74. The van der Waals surface area contributed by atoms with E-state index in [0.717, 1.165) is 30.9 Å². The minimum Gasteiger partial charge on any atom is -0.497 e. The molecule has 3 N–H and O–H groups in total. The average molecular weight is 236 g/mol. The van der Waals surface area contributed by atoms with E-state index in [1.807, 2.05) is 18.2 Å². The third-order valence-electron chi connectivity index (χ3n) is 3.02. The number of ether oxygens (including phenoxy) is 2. The Balaban J connectivity index is 2.04. The maximum absolute atomic E-state index is 5.82. The van der Waals surface area contributed by atoms with Gasteiger partial charge in [0.1, 0.15) is 5.75 Å². The normalized spacial score (nSPS) is 24.4. The van der Waals surface area contributed by atoms with E-state index in [9.17, 15) is 0 Å². The summed E-state index contributed by atoms with van der Waals surface area (Å²) < 4.78 is 10.7. The lowest BCUT2D eigenvalue weighted by atomic mass is 10.0. The van der Waals surface area contributed by atoms with Crippen molar-refractivity contribution in [3.63, 3.8) is 0 Å². The van der Waals surface area contributed by atoms with Crippen molar-refractivity contribution in [2.45, 2.75) is 31.9 Å². The van der Waals surface area contributed by atoms with Crippen LogP contribution in [0.5, 0.6) is 5.75 Å². The van der Waals surface area contributed by atoms with Gasteiger partial charge in [-0.15, -0.1) is 0 Å². The second-order valence-corrected chi connectivity index (χ2v) is 4.54. The minimum absolute atomic E-state index is 0.323. The van der Waals surface area contributed by atoms with Gasteiger partial charge < -0.3 is 20.5 Å². The van der Waals surface area contributed by atoms with Crippen LogP contribution in [0.4, 0.5) is 11.4 Å². The molecular weight excluding hydrogens is 216 g/mol. The number of rotatable bonds is 3. The molecule has 0 amide bonds. The largest absolute Gasteiger partial charge is 0.497 e. The summed E-state index contributed by atoms with van der Waals surface area (Å²) in [7, 11) is 1.65. The maximum Gasteiger partial charge on any atom is 0.122 e. The van der Waals surface area contributed by atoms with Crippen molar-refractivity contribution in [2.75, 3.05) is 24.8 Å². The molecule has 1 saturated heterocycles. The summed E-state index contributed by atoms with van der Waals surface area (Å²) >= 11 is 0. The molecule has 0 bridgehead atoms. The molecule has 1 heterocycles. The zero-order valence-corrected chi connectivity index (χ0v) is 10.4. The van der Waals surface area contributed by atoms with Crippen LogP contribution in [0.25, 0.3) is 0 Å². The summed E-state index contributed by atoms with van der Waals surface area (Å²) in [5.74, 6) is 0.785. The fraction of sp³-hybridized carbons (Fsp3) is 0.538. The maximum atomic E-state index is 5.82. The standard InChI is InChI=1S/C13H20N2O2/c1-9-5-11(3-4-17-9)15-12-6-10(14)7-13(8-12)16-2/h6-9,11,15H,3-5,14H2,1-2H3. The van der Waals surface area contributed by atoms with E-state index in [0.29, 0.717) is 17.8 Å². The summed E-state index contributed by atoms with van der Waals surface area (Å²) in [6.07, 6.45) is 2.38. The van der Waals surface area contributed by atoms with Crippen LogP contribution < -0.4 is 15.8 Å². The number of nitrogens with two attached hydrogens (primary N) is 1. The summed E-state index contributed by atoms with van der Waals surface area (Å²) in [6.45, 7) is 2.92. The molecule has 4 nitrogen and oxygen atoms in total. The van der Waals surface area contributed by atoms with E-state index in [4.69, 9.17) is 15.2 Å². The highest BCUT2D eigenvalue weighted by atomic mass is 16.5. The molecule has 1 aromatic rings. The smallest absolute Gasteiger partial charge is 0.122 e. The Bertz CT molecular complexity index is 382. The van der Waals surface area contributed by atoms with Crippen LogP contribution >= 0.6 is 0 Å². The van der Waals surface area contributed by atoms with E-state index in [-0.39, 0.29) is 0 Å². The number of benzene rings is 1. The highest BCUT2D eigenvalue weighted by Crippen LogP contribution is 2.25. The Labute approximate surface area is 102 Å². The van der Waals surface area contributed by atoms with Gasteiger partial charge in [0.05, 0.1) is 13.2 Å². The van der Waals surface area contributed by atoms with Crippen molar-refractivity contribution >= 4 is 11.4 Å². The molecular formula is C13H20N2O2. The monoisotopic (exact) mass is 236 g/mol. The Morgan fingerprint density at radius 3 is 2.94 bits per heavy atom. The lowest BCUT2D eigenvalue weighted by molar-refractivity contribution is 0.0232. The second-order valence-electron chi connectivity index (χ2n) is 4.54. The number of nitrogens with one attached hydrogen (secondary N) is 1. The SMILES string of the molecule is COc1cc(N)cc(NC2CCOC(C)C2)c1. The molecule has 2 atom stereocenters. The van der Waals surface area contributed by atoms with E-state index in [2.05, 4.69) is 12.2 Å². The van der Waals surface area contributed by atoms with Crippen molar-refractivity contribution in [1.29, 1.82) is 0 Å². The van der Waals surface area contributed by atoms with Gasteiger partial charge >= 0.3 is 0 Å². The van der Waals surface area contributed by atoms with Gasteiger partial charge in [0.25, 0.3) is 0 Å².